The van der Waals surface area contributed by atoms with E-state index in [0.29, 0.717) is 5.92 Å². The fourth-order valence-electron chi connectivity index (χ4n) is 7.93. The highest BCUT2D eigenvalue weighted by Crippen LogP contribution is 2.76. The molecule has 2 aliphatic carbocycles. The van der Waals surface area contributed by atoms with Gasteiger partial charge in [-0.3, -0.25) is 0 Å². The standard InChI is InChI=1S/C40H40P2S/c1-28-35(37(29(2)43-28)41(30-18-10-6-11-19-30)31-20-12-7-13-21-31)36-38(34-26-27-40(36,5)39(34,3)4)42(32-22-14-8-15-23-32)33-24-16-9-17-25-33/h6-25,34H,26-27H2,1-5H3/t34?,40-/m0/s1. The number of allylic oxidation sites excluding steroid dienone is 2. The van der Waals surface area contributed by atoms with Crippen molar-refractivity contribution in [1.29, 1.82) is 0 Å². The van der Waals surface area contributed by atoms with Crippen LogP contribution in [-0.2, 0) is 0 Å². The van der Waals surface area contributed by atoms with E-state index in [1.54, 1.807) is 21.8 Å². The molecule has 1 saturated carbocycles. The van der Waals surface area contributed by atoms with Gasteiger partial charge in [-0.1, -0.05) is 142 Å². The summed E-state index contributed by atoms with van der Waals surface area (Å²) in [5, 5.41) is 9.15. The predicted octanol–water partition coefficient (Wildman–Crippen LogP) is 9.42. The Bertz CT molecular complexity index is 1690. The van der Waals surface area contributed by atoms with Crippen molar-refractivity contribution in [3.05, 3.63) is 142 Å². The van der Waals surface area contributed by atoms with Crippen molar-refractivity contribution >= 4 is 59.3 Å². The highest BCUT2D eigenvalue weighted by Gasteiger charge is 2.62. The van der Waals surface area contributed by atoms with E-state index in [0.717, 1.165) is 0 Å². The number of rotatable bonds is 7. The largest absolute Gasteiger partial charge is 0.145 e. The topological polar surface area (TPSA) is 0 Å². The van der Waals surface area contributed by atoms with E-state index < -0.39 is 15.8 Å². The molecule has 3 heteroatoms. The molecular weight excluding hydrogens is 574 g/mol. The zero-order valence-corrected chi connectivity index (χ0v) is 28.4. The predicted molar refractivity (Wildman–Crippen MR) is 193 cm³/mol. The fourth-order valence-corrected chi connectivity index (χ4v) is 15.1. The van der Waals surface area contributed by atoms with E-state index in [-0.39, 0.29) is 10.8 Å². The Balaban J connectivity index is 1.57. The lowest BCUT2D eigenvalue weighted by atomic mass is 9.66. The van der Waals surface area contributed by atoms with Gasteiger partial charge >= 0.3 is 0 Å². The summed E-state index contributed by atoms with van der Waals surface area (Å²) < 4.78 is 0. The molecule has 2 atom stereocenters. The molecule has 7 rings (SSSR count). The molecule has 0 nitrogen and oxygen atoms in total. The average Bonchev–Trinajstić information content (AvgIpc) is 3.51. The zero-order valence-electron chi connectivity index (χ0n) is 25.8. The minimum Gasteiger partial charge on any atom is -0.145 e. The summed E-state index contributed by atoms with van der Waals surface area (Å²) in [7, 11) is -1.38. The van der Waals surface area contributed by atoms with E-state index in [1.165, 1.54) is 43.8 Å². The molecular formula is C40H40P2S. The van der Waals surface area contributed by atoms with Crippen LogP contribution in [-0.4, -0.2) is 0 Å². The first-order valence-corrected chi connectivity index (χ1v) is 19.0. The summed E-state index contributed by atoms with van der Waals surface area (Å²) in [6, 6.07) is 45.5. The summed E-state index contributed by atoms with van der Waals surface area (Å²) in [5.74, 6) is 0.575. The summed E-state index contributed by atoms with van der Waals surface area (Å²) in [5.41, 5.74) is 3.58. The van der Waals surface area contributed by atoms with Crippen LogP contribution in [0.25, 0.3) is 5.57 Å². The second-order valence-corrected chi connectivity index (χ2v) is 18.6. The van der Waals surface area contributed by atoms with Crippen molar-refractivity contribution < 1.29 is 0 Å². The van der Waals surface area contributed by atoms with Gasteiger partial charge in [-0.25, -0.2) is 0 Å². The lowest BCUT2D eigenvalue weighted by Gasteiger charge is -2.38. The molecule has 1 aromatic heterocycles. The highest BCUT2D eigenvalue weighted by atomic mass is 32.1. The third kappa shape index (κ3) is 4.63. The average molecular weight is 615 g/mol. The Morgan fingerprint density at radius 2 is 1.00 bits per heavy atom. The molecule has 0 saturated heterocycles. The summed E-state index contributed by atoms with van der Waals surface area (Å²) in [6.07, 6.45) is 2.54. The monoisotopic (exact) mass is 614 g/mol. The maximum absolute atomic E-state index is 2.61. The molecule has 5 aromatic rings. The second kappa shape index (κ2) is 11.3. The first-order chi connectivity index (χ1) is 20.8. The summed E-state index contributed by atoms with van der Waals surface area (Å²) in [6.45, 7) is 12.6. The lowest BCUT2D eigenvalue weighted by Crippen LogP contribution is -2.31. The van der Waals surface area contributed by atoms with Crippen molar-refractivity contribution in [2.45, 2.75) is 47.5 Å². The van der Waals surface area contributed by atoms with Gasteiger partial charge in [0.1, 0.15) is 0 Å². The van der Waals surface area contributed by atoms with Crippen LogP contribution in [0.4, 0.5) is 0 Å². The van der Waals surface area contributed by atoms with Crippen molar-refractivity contribution in [3.8, 4) is 0 Å². The van der Waals surface area contributed by atoms with Crippen LogP contribution < -0.4 is 26.5 Å². The molecule has 0 radical (unpaired) electrons. The molecule has 0 N–H and O–H groups in total. The van der Waals surface area contributed by atoms with E-state index in [2.05, 4.69) is 156 Å². The molecule has 216 valence electrons. The maximum atomic E-state index is 2.61. The van der Waals surface area contributed by atoms with Gasteiger partial charge in [-0.15, -0.1) is 11.3 Å². The smallest absolute Gasteiger partial charge is 0.0107 e. The van der Waals surface area contributed by atoms with Crippen LogP contribution in [0.1, 0.15) is 48.9 Å². The Morgan fingerprint density at radius 3 is 1.44 bits per heavy atom. The molecule has 43 heavy (non-hydrogen) atoms. The Hall–Kier alpha value is -2.82. The van der Waals surface area contributed by atoms with Crippen LogP contribution in [0.15, 0.2) is 127 Å². The minimum atomic E-state index is -0.709. The lowest BCUT2D eigenvalue weighted by molar-refractivity contribution is 0.189. The molecule has 1 unspecified atom stereocenters. The first kappa shape index (κ1) is 28.9. The Kier molecular flexibility index (Phi) is 7.58. The van der Waals surface area contributed by atoms with E-state index in [9.17, 15) is 0 Å². The molecule has 0 spiro atoms. The summed E-state index contributed by atoms with van der Waals surface area (Å²) >= 11 is 2.02. The molecule has 0 aliphatic heterocycles. The molecule has 0 amide bonds. The third-order valence-corrected chi connectivity index (χ3v) is 16.8. The summed E-state index contributed by atoms with van der Waals surface area (Å²) in [4.78, 5) is 2.96. The van der Waals surface area contributed by atoms with Gasteiger partial charge in [-0.05, 0) is 91.4 Å². The van der Waals surface area contributed by atoms with Crippen LogP contribution in [0.3, 0.4) is 0 Å². The van der Waals surface area contributed by atoms with Crippen LogP contribution in [0.2, 0.25) is 0 Å². The molecule has 1 heterocycles. The van der Waals surface area contributed by atoms with Crippen molar-refractivity contribution in [1.82, 2.24) is 0 Å². The van der Waals surface area contributed by atoms with E-state index >= 15 is 0 Å². The van der Waals surface area contributed by atoms with Gasteiger partial charge in [0.25, 0.3) is 0 Å². The number of fused-ring (bicyclic) bond motifs is 2. The van der Waals surface area contributed by atoms with Crippen LogP contribution in [0.5, 0.6) is 0 Å². The maximum Gasteiger partial charge on any atom is 0.0107 e. The van der Waals surface area contributed by atoms with Crippen molar-refractivity contribution in [3.63, 3.8) is 0 Å². The van der Waals surface area contributed by atoms with Gasteiger partial charge in [-0.2, -0.15) is 0 Å². The third-order valence-electron chi connectivity index (χ3n) is 10.4. The minimum absolute atomic E-state index is 0.124. The van der Waals surface area contributed by atoms with Gasteiger partial charge in [0.2, 0.25) is 0 Å². The van der Waals surface area contributed by atoms with Crippen LogP contribution in [0, 0.1) is 30.6 Å². The quantitative estimate of drug-likeness (QED) is 0.160. The van der Waals surface area contributed by atoms with Gasteiger partial charge in [0.15, 0.2) is 0 Å². The van der Waals surface area contributed by atoms with Crippen molar-refractivity contribution in [2.24, 2.45) is 16.7 Å². The van der Waals surface area contributed by atoms with Gasteiger partial charge in [0, 0.05) is 20.6 Å². The molecule has 1 fully saturated rings. The number of thiophene rings is 1. The second-order valence-electron chi connectivity index (χ2n) is 12.9. The first-order valence-electron chi connectivity index (χ1n) is 15.5. The molecule has 4 aromatic carbocycles. The van der Waals surface area contributed by atoms with Crippen molar-refractivity contribution in [2.75, 3.05) is 0 Å². The SMILES string of the molecule is Cc1sc(C)c(P(c2ccccc2)c2ccccc2)c1C1=C(P(c2ccccc2)c2ccccc2)C2CC[C@]1(C)C2(C)C. The Morgan fingerprint density at radius 1 is 0.581 bits per heavy atom. The van der Waals surface area contributed by atoms with Gasteiger partial charge < -0.3 is 0 Å². The molecule has 2 bridgehead atoms. The highest BCUT2D eigenvalue weighted by molar-refractivity contribution is 7.80. The number of aryl methyl sites for hydroxylation is 2. The van der Waals surface area contributed by atoms with Crippen LogP contribution >= 0.6 is 27.2 Å². The van der Waals surface area contributed by atoms with E-state index in [1.807, 2.05) is 11.3 Å². The normalized spacial score (nSPS) is 20.9. The Labute approximate surface area is 264 Å². The number of hydrogen-bond acceptors (Lipinski definition) is 1. The fraction of sp³-hybridized carbons (Fsp3) is 0.250. The molecule has 2 aliphatic rings. The zero-order chi connectivity index (χ0) is 29.8. The number of hydrogen-bond donors (Lipinski definition) is 0. The number of benzene rings is 4. The van der Waals surface area contributed by atoms with Gasteiger partial charge in [0.05, 0.1) is 0 Å². The van der Waals surface area contributed by atoms with E-state index in [4.69, 9.17) is 0 Å².